The molecule has 1 N–H and O–H groups in total. The minimum atomic E-state index is -0.239. The average Bonchev–Trinajstić information content (AvgIpc) is 2.95. The van der Waals surface area contributed by atoms with Crippen molar-refractivity contribution in [1.82, 2.24) is 5.16 Å². The molecule has 5 nitrogen and oxygen atoms in total. The van der Waals surface area contributed by atoms with Gasteiger partial charge in [0, 0.05) is 5.56 Å². The number of aromatic nitrogens is 1. The number of rotatable bonds is 4. The molecule has 1 aromatic heterocycles. The summed E-state index contributed by atoms with van der Waals surface area (Å²) in [6, 6.07) is 7.85. The Bertz CT molecular complexity index is 741. The molecular formula is C20H26N2O3. The maximum atomic E-state index is 12.2. The number of fused-ring (bicyclic) bond motifs is 1. The largest absolute Gasteiger partial charge is 0.484 e. The Morgan fingerprint density at radius 2 is 2.04 bits per heavy atom. The molecule has 0 saturated carbocycles. The predicted molar refractivity (Wildman–Crippen MR) is 97.0 cm³/mol. The normalized spacial score (nSPS) is 17.0. The Labute approximate surface area is 148 Å². The van der Waals surface area contributed by atoms with Gasteiger partial charge in [-0.2, -0.15) is 0 Å². The Balaban J connectivity index is 1.56. The van der Waals surface area contributed by atoms with E-state index in [2.05, 4.69) is 38.2 Å². The van der Waals surface area contributed by atoms with Crippen molar-refractivity contribution in [2.45, 2.75) is 52.4 Å². The molecule has 1 amide bonds. The molecule has 0 unspecified atom stereocenters. The SMILES string of the molecule is C[C@H]1CCc2noc(NC(=O)COc3ccc(C(C)(C)C)cc3)c2C1. The van der Waals surface area contributed by atoms with Gasteiger partial charge in [0.25, 0.3) is 5.91 Å². The fourth-order valence-corrected chi connectivity index (χ4v) is 3.04. The summed E-state index contributed by atoms with van der Waals surface area (Å²) in [6.45, 7) is 8.63. The van der Waals surface area contributed by atoms with Crippen molar-refractivity contribution in [2.75, 3.05) is 11.9 Å². The van der Waals surface area contributed by atoms with E-state index in [1.807, 2.05) is 24.3 Å². The smallest absolute Gasteiger partial charge is 0.264 e. The van der Waals surface area contributed by atoms with Crippen LogP contribution >= 0.6 is 0 Å². The Morgan fingerprint density at radius 1 is 1.32 bits per heavy atom. The Kier molecular flexibility index (Phi) is 4.84. The maximum absolute atomic E-state index is 12.2. The molecule has 5 heteroatoms. The zero-order chi connectivity index (χ0) is 18.0. The quantitative estimate of drug-likeness (QED) is 0.908. The van der Waals surface area contributed by atoms with Gasteiger partial charge in [-0.05, 0) is 48.3 Å². The predicted octanol–water partition coefficient (Wildman–Crippen LogP) is 4.11. The van der Waals surface area contributed by atoms with Crippen LogP contribution in [0, 0.1) is 5.92 Å². The number of nitrogens with zero attached hydrogens (tertiary/aromatic N) is 1. The van der Waals surface area contributed by atoms with E-state index in [1.165, 1.54) is 5.56 Å². The standard InChI is InChI=1S/C20H26N2O3/c1-13-5-10-17-16(11-13)19(25-22-17)21-18(23)12-24-15-8-6-14(7-9-15)20(2,3)4/h6-9,13H,5,10-12H2,1-4H3,(H,21,23)/t13-/m0/s1. The van der Waals surface area contributed by atoms with Crippen molar-refractivity contribution in [1.29, 1.82) is 0 Å². The first-order valence-electron chi connectivity index (χ1n) is 8.83. The van der Waals surface area contributed by atoms with Gasteiger partial charge >= 0.3 is 0 Å². The van der Waals surface area contributed by atoms with E-state index in [4.69, 9.17) is 9.26 Å². The first-order chi connectivity index (χ1) is 11.8. The van der Waals surface area contributed by atoms with E-state index in [0.717, 1.165) is 30.5 Å². The van der Waals surface area contributed by atoms with E-state index in [1.54, 1.807) is 0 Å². The van der Waals surface area contributed by atoms with Crippen LogP contribution in [0.25, 0.3) is 0 Å². The highest BCUT2D eigenvalue weighted by atomic mass is 16.5. The number of carbonyl (C=O) groups excluding carboxylic acids is 1. The van der Waals surface area contributed by atoms with Crippen molar-refractivity contribution in [3.05, 3.63) is 41.1 Å². The number of carbonyl (C=O) groups is 1. The molecule has 1 atom stereocenters. The molecular weight excluding hydrogens is 316 g/mol. The van der Waals surface area contributed by atoms with E-state index in [9.17, 15) is 4.79 Å². The van der Waals surface area contributed by atoms with Gasteiger partial charge in [0.15, 0.2) is 6.61 Å². The first-order valence-corrected chi connectivity index (χ1v) is 8.83. The van der Waals surface area contributed by atoms with Crippen LogP contribution in [0.15, 0.2) is 28.8 Å². The molecule has 1 aromatic carbocycles. The van der Waals surface area contributed by atoms with Crippen LogP contribution in [0.5, 0.6) is 5.75 Å². The van der Waals surface area contributed by atoms with E-state index in [0.29, 0.717) is 17.6 Å². The van der Waals surface area contributed by atoms with E-state index in [-0.39, 0.29) is 17.9 Å². The second-order valence-electron chi connectivity index (χ2n) is 7.90. The summed E-state index contributed by atoms with van der Waals surface area (Å²) in [5.74, 6) is 1.49. The summed E-state index contributed by atoms with van der Waals surface area (Å²) in [6.07, 6.45) is 2.91. The van der Waals surface area contributed by atoms with Crippen molar-refractivity contribution in [3.63, 3.8) is 0 Å². The van der Waals surface area contributed by atoms with Gasteiger partial charge in [-0.15, -0.1) is 0 Å². The number of hydrogen-bond donors (Lipinski definition) is 1. The maximum Gasteiger partial charge on any atom is 0.264 e. The monoisotopic (exact) mass is 342 g/mol. The van der Waals surface area contributed by atoms with Crippen LogP contribution < -0.4 is 10.1 Å². The summed E-state index contributed by atoms with van der Waals surface area (Å²) < 4.78 is 10.9. The Hall–Kier alpha value is -2.30. The third-order valence-electron chi connectivity index (χ3n) is 4.64. The highest BCUT2D eigenvalue weighted by Gasteiger charge is 2.24. The number of aryl methyl sites for hydroxylation is 1. The van der Waals surface area contributed by atoms with Crippen molar-refractivity contribution in [2.24, 2.45) is 5.92 Å². The molecule has 134 valence electrons. The lowest BCUT2D eigenvalue weighted by atomic mass is 9.87. The molecule has 2 aromatic rings. The average molecular weight is 342 g/mol. The van der Waals surface area contributed by atoms with E-state index >= 15 is 0 Å². The lowest BCUT2D eigenvalue weighted by Gasteiger charge is -2.19. The van der Waals surface area contributed by atoms with Crippen LogP contribution in [-0.4, -0.2) is 17.7 Å². The molecule has 0 radical (unpaired) electrons. The molecule has 0 aliphatic heterocycles. The first kappa shape index (κ1) is 17.5. The van der Waals surface area contributed by atoms with E-state index < -0.39 is 0 Å². The van der Waals surface area contributed by atoms with Gasteiger partial charge in [0.05, 0.1) is 5.69 Å². The van der Waals surface area contributed by atoms with Gasteiger partial charge in [-0.25, -0.2) is 0 Å². The van der Waals surface area contributed by atoms with Gasteiger partial charge in [0.2, 0.25) is 5.88 Å². The lowest BCUT2D eigenvalue weighted by Crippen LogP contribution is -2.21. The summed E-state index contributed by atoms with van der Waals surface area (Å²) in [7, 11) is 0. The number of benzene rings is 1. The summed E-state index contributed by atoms with van der Waals surface area (Å²) in [5.41, 5.74) is 3.32. The highest BCUT2D eigenvalue weighted by molar-refractivity contribution is 5.91. The third kappa shape index (κ3) is 4.21. The number of ether oxygens (including phenoxy) is 1. The summed E-state index contributed by atoms with van der Waals surface area (Å²) in [5, 5.41) is 6.85. The van der Waals surface area contributed by atoms with Crippen LogP contribution in [0.2, 0.25) is 0 Å². The molecule has 1 aliphatic carbocycles. The van der Waals surface area contributed by atoms with Crippen LogP contribution in [-0.2, 0) is 23.1 Å². The lowest BCUT2D eigenvalue weighted by molar-refractivity contribution is -0.118. The zero-order valence-electron chi connectivity index (χ0n) is 15.4. The minimum Gasteiger partial charge on any atom is -0.484 e. The fourth-order valence-electron chi connectivity index (χ4n) is 3.04. The van der Waals surface area contributed by atoms with Gasteiger partial charge in [0.1, 0.15) is 5.75 Å². The second kappa shape index (κ2) is 6.90. The number of anilines is 1. The highest BCUT2D eigenvalue weighted by Crippen LogP contribution is 2.30. The molecule has 25 heavy (non-hydrogen) atoms. The van der Waals surface area contributed by atoms with Gasteiger partial charge < -0.3 is 9.26 Å². The Morgan fingerprint density at radius 3 is 2.72 bits per heavy atom. The van der Waals surface area contributed by atoms with Crippen LogP contribution in [0.3, 0.4) is 0 Å². The molecule has 1 aliphatic rings. The molecule has 0 fully saturated rings. The molecule has 1 heterocycles. The molecule has 0 saturated heterocycles. The van der Waals surface area contributed by atoms with Crippen molar-refractivity contribution in [3.8, 4) is 5.75 Å². The third-order valence-corrected chi connectivity index (χ3v) is 4.64. The number of nitrogens with one attached hydrogen (secondary N) is 1. The number of amides is 1. The van der Waals surface area contributed by atoms with Crippen LogP contribution in [0.1, 0.15) is 50.9 Å². The van der Waals surface area contributed by atoms with Gasteiger partial charge in [-0.1, -0.05) is 45.0 Å². The topological polar surface area (TPSA) is 64.4 Å². The zero-order valence-corrected chi connectivity index (χ0v) is 15.4. The van der Waals surface area contributed by atoms with Crippen LogP contribution in [0.4, 0.5) is 5.88 Å². The second-order valence-corrected chi connectivity index (χ2v) is 7.90. The summed E-state index contributed by atoms with van der Waals surface area (Å²) in [4.78, 5) is 12.2. The summed E-state index contributed by atoms with van der Waals surface area (Å²) >= 11 is 0. The molecule has 3 rings (SSSR count). The number of hydrogen-bond acceptors (Lipinski definition) is 4. The van der Waals surface area contributed by atoms with Crippen molar-refractivity contribution < 1.29 is 14.1 Å². The van der Waals surface area contributed by atoms with Crippen molar-refractivity contribution >= 4 is 11.8 Å². The molecule has 0 bridgehead atoms. The molecule has 0 spiro atoms. The minimum absolute atomic E-state index is 0.0557. The fraction of sp³-hybridized carbons (Fsp3) is 0.500. The van der Waals surface area contributed by atoms with Gasteiger partial charge in [-0.3, -0.25) is 10.1 Å².